The zero-order valence-corrected chi connectivity index (χ0v) is 7.35. The normalized spacial score (nSPS) is 49.7. The summed E-state index contributed by atoms with van der Waals surface area (Å²) in [6.45, 7) is 0. The van der Waals surface area contributed by atoms with Crippen LogP contribution in [0.25, 0.3) is 0 Å². The fourth-order valence-corrected chi connectivity index (χ4v) is 3.99. The van der Waals surface area contributed by atoms with Crippen molar-refractivity contribution in [3.63, 3.8) is 0 Å². The van der Waals surface area contributed by atoms with E-state index in [-0.39, 0.29) is 0 Å². The monoisotopic (exact) mass is 173 g/mol. The second-order valence-electron chi connectivity index (χ2n) is 4.81. The lowest BCUT2D eigenvalue weighted by Gasteiger charge is -2.75. The Balaban J connectivity index is 1.77. The number of rotatable bonds is 1. The number of aromatic nitrogens is 3. The topological polar surface area (TPSA) is 38.7 Å². The molecule has 0 amide bonds. The van der Waals surface area contributed by atoms with Crippen LogP contribution in [0.3, 0.4) is 0 Å². The summed E-state index contributed by atoms with van der Waals surface area (Å²) in [5.41, 5.74) is 0.413. The summed E-state index contributed by atoms with van der Waals surface area (Å²) in [6.07, 6.45) is 7.45. The van der Waals surface area contributed by atoms with Gasteiger partial charge < -0.3 is 0 Å². The van der Waals surface area contributed by atoms with Gasteiger partial charge in [0.05, 0.1) is 0 Å². The number of nitrogens with zero attached hydrogens (tertiary/aromatic N) is 3. The van der Waals surface area contributed by atoms with Crippen LogP contribution in [0.2, 0.25) is 0 Å². The molecule has 3 saturated carbocycles. The summed E-state index contributed by atoms with van der Waals surface area (Å²) in [4.78, 5) is 12.5. The summed E-state index contributed by atoms with van der Waals surface area (Å²) in [6, 6.07) is 0. The van der Waals surface area contributed by atoms with Crippen LogP contribution in [0.4, 0.5) is 0 Å². The summed E-state index contributed by atoms with van der Waals surface area (Å²) in [5, 5.41) is 0. The molecule has 2 atom stereocenters. The van der Waals surface area contributed by atoms with E-state index in [4.69, 9.17) is 0 Å². The Morgan fingerprint density at radius 1 is 1.15 bits per heavy atom. The molecule has 1 aromatic rings. The van der Waals surface area contributed by atoms with Crippen LogP contribution in [-0.2, 0) is 5.41 Å². The van der Waals surface area contributed by atoms with Crippen molar-refractivity contribution in [3.05, 3.63) is 18.5 Å². The summed E-state index contributed by atoms with van der Waals surface area (Å²) in [5.74, 6) is 4.07. The lowest BCUT2D eigenvalue weighted by molar-refractivity contribution is -0.223. The van der Waals surface area contributed by atoms with Gasteiger partial charge in [-0.1, -0.05) is 0 Å². The van der Waals surface area contributed by atoms with Crippen LogP contribution in [-0.4, -0.2) is 15.0 Å². The molecule has 3 aliphatic carbocycles. The van der Waals surface area contributed by atoms with Gasteiger partial charge in [-0.05, 0) is 37.0 Å². The van der Waals surface area contributed by atoms with Crippen LogP contribution >= 0.6 is 0 Å². The molecule has 3 heteroatoms. The standard InChI is InChI=1S/C10H11N3/c1-6-2-10(3-7(1)8(6)10)9-12-4-11-5-13-9/h4-8H,1-3H2. The number of hydrogen-bond acceptors (Lipinski definition) is 3. The van der Waals surface area contributed by atoms with Crippen molar-refractivity contribution in [1.82, 2.24) is 15.0 Å². The highest BCUT2D eigenvalue weighted by atomic mass is 15.0. The molecule has 0 radical (unpaired) electrons. The van der Waals surface area contributed by atoms with E-state index in [1.165, 1.54) is 19.3 Å². The van der Waals surface area contributed by atoms with Gasteiger partial charge in [0, 0.05) is 5.41 Å². The fraction of sp³-hybridized carbons (Fsp3) is 0.700. The maximum Gasteiger partial charge on any atom is 0.138 e. The molecule has 0 bridgehead atoms. The Morgan fingerprint density at radius 3 is 2.38 bits per heavy atom. The molecule has 1 heterocycles. The highest BCUT2D eigenvalue weighted by Gasteiger charge is 2.73. The molecule has 0 N–H and O–H groups in total. The molecule has 0 aromatic carbocycles. The maximum atomic E-state index is 4.31. The smallest absolute Gasteiger partial charge is 0.138 e. The Kier molecular flexibility index (Phi) is 0.877. The van der Waals surface area contributed by atoms with Gasteiger partial charge in [0.2, 0.25) is 0 Å². The van der Waals surface area contributed by atoms with Crippen molar-refractivity contribution in [1.29, 1.82) is 0 Å². The van der Waals surface area contributed by atoms with Crippen LogP contribution in [0, 0.1) is 17.8 Å². The molecule has 3 nitrogen and oxygen atoms in total. The lowest BCUT2D eigenvalue weighted by atomic mass is 9.29. The zero-order chi connectivity index (χ0) is 8.47. The van der Waals surface area contributed by atoms with Crippen molar-refractivity contribution in [2.75, 3.05) is 0 Å². The highest BCUT2D eigenvalue weighted by Crippen LogP contribution is 2.76. The van der Waals surface area contributed by atoms with E-state index >= 15 is 0 Å². The first kappa shape index (κ1) is 6.46. The Labute approximate surface area is 76.6 Å². The third-order valence-electron chi connectivity index (χ3n) is 4.45. The predicted molar refractivity (Wildman–Crippen MR) is 45.8 cm³/mol. The zero-order valence-electron chi connectivity index (χ0n) is 7.35. The number of hydrogen-bond donors (Lipinski definition) is 0. The molecular formula is C10H11N3. The first-order valence-electron chi connectivity index (χ1n) is 5.03. The second-order valence-corrected chi connectivity index (χ2v) is 4.81. The van der Waals surface area contributed by atoms with Gasteiger partial charge in [-0.15, -0.1) is 0 Å². The molecule has 3 aliphatic rings. The van der Waals surface area contributed by atoms with Crippen molar-refractivity contribution in [3.8, 4) is 0 Å². The van der Waals surface area contributed by atoms with E-state index in [2.05, 4.69) is 15.0 Å². The van der Waals surface area contributed by atoms with Crippen LogP contribution < -0.4 is 0 Å². The van der Waals surface area contributed by atoms with Gasteiger partial charge in [-0.25, -0.2) is 15.0 Å². The van der Waals surface area contributed by atoms with Gasteiger partial charge in [0.1, 0.15) is 18.5 Å². The van der Waals surface area contributed by atoms with E-state index in [1.807, 2.05) is 0 Å². The summed E-state index contributed by atoms with van der Waals surface area (Å²) < 4.78 is 0. The molecule has 13 heavy (non-hydrogen) atoms. The van der Waals surface area contributed by atoms with E-state index in [0.29, 0.717) is 5.41 Å². The van der Waals surface area contributed by atoms with Gasteiger partial charge in [-0.3, -0.25) is 0 Å². The van der Waals surface area contributed by atoms with E-state index < -0.39 is 0 Å². The van der Waals surface area contributed by atoms with Gasteiger partial charge in [0.25, 0.3) is 0 Å². The van der Waals surface area contributed by atoms with Crippen LogP contribution in [0.15, 0.2) is 12.7 Å². The highest BCUT2D eigenvalue weighted by molar-refractivity contribution is 5.31. The van der Waals surface area contributed by atoms with Crippen LogP contribution in [0.1, 0.15) is 25.1 Å². The van der Waals surface area contributed by atoms with Crippen molar-refractivity contribution < 1.29 is 0 Å². The van der Waals surface area contributed by atoms with Crippen molar-refractivity contribution in [2.45, 2.75) is 24.7 Å². The third-order valence-corrected chi connectivity index (χ3v) is 4.45. The summed E-state index contributed by atoms with van der Waals surface area (Å²) in [7, 11) is 0. The molecule has 2 unspecified atom stereocenters. The molecule has 4 rings (SSSR count). The molecule has 3 fully saturated rings. The predicted octanol–water partition coefficient (Wildman–Crippen LogP) is 1.17. The Bertz CT molecular complexity index is 350. The van der Waals surface area contributed by atoms with E-state index in [0.717, 1.165) is 23.6 Å². The molecule has 0 saturated heterocycles. The average molecular weight is 173 g/mol. The minimum atomic E-state index is 0.413. The van der Waals surface area contributed by atoms with E-state index in [1.54, 1.807) is 12.7 Å². The minimum Gasteiger partial charge on any atom is -0.225 e. The van der Waals surface area contributed by atoms with Gasteiger partial charge in [-0.2, -0.15) is 0 Å². The first-order chi connectivity index (χ1) is 6.40. The van der Waals surface area contributed by atoms with E-state index in [9.17, 15) is 0 Å². The van der Waals surface area contributed by atoms with Crippen molar-refractivity contribution >= 4 is 0 Å². The van der Waals surface area contributed by atoms with Crippen molar-refractivity contribution in [2.24, 2.45) is 17.8 Å². The quantitative estimate of drug-likeness (QED) is 0.640. The minimum absolute atomic E-state index is 0.413. The second kappa shape index (κ2) is 1.76. The molecular weight excluding hydrogens is 162 g/mol. The molecule has 0 aliphatic heterocycles. The lowest BCUT2D eigenvalue weighted by Crippen LogP contribution is -2.72. The van der Waals surface area contributed by atoms with Gasteiger partial charge >= 0.3 is 0 Å². The molecule has 66 valence electrons. The first-order valence-corrected chi connectivity index (χ1v) is 5.03. The Morgan fingerprint density at radius 2 is 1.85 bits per heavy atom. The molecule has 0 spiro atoms. The Hall–Kier alpha value is -0.990. The van der Waals surface area contributed by atoms with Crippen LogP contribution in [0.5, 0.6) is 0 Å². The summed E-state index contributed by atoms with van der Waals surface area (Å²) >= 11 is 0. The third kappa shape index (κ3) is 0.531. The SMILES string of the molecule is c1ncnc(C23CC4CC(C2)C43)n1. The maximum absolute atomic E-state index is 4.31. The average Bonchev–Trinajstić information content (AvgIpc) is 2.18. The fourth-order valence-electron chi connectivity index (χ4n) is 3.99. The molecule has 1 aromatic heterocycles. The largest absolute Gasteiger partial charge is 0.225 e. The van der Waals surface area contributed by atoms with Gasteiger partial charge in [0.15, 0.2) is 0 Å².